The molecule has 0 bridgehead atoms. The van der Waals surface area contributed by atoms with Crippen molar-refractivity contribution in [3.05, 3.63) is 0 Å². The predicted octanol–water partition coefficient (Wildman–Crippen LogP) is 2.54. The highest BCUT2D eigenvalue weighted by atomic mass is 16.5. The Morgan fingerprint density at radius 3 is 2.26 bits per heavy atom. The molecule has 1 aliphatic heterocycles. The van der Waals surface area contributed by atoms with Crippen molar-refractivity contribution in [2.45, 2.75) is 118 Å². The molecule has 262 valence electrons. The normalized spacial score (nSPS) is 23.0. The zero-order valence-corrected chi connectivity index (χ0v) is 29.4. The van der Waals surface area contributed by atoms with E-state index in [4.69, 9.17) is 11.2 Å². The lowest BCUT2D eigenvalue weighted by Gasteiger charge is -2.38. The summed E-state index contributed by atoms with van der Waals surface area (Å²) >= 11 is 0. The number of ketones is 1. The lowest BCUT2D eigenvalue weighted by atomic mass is 9.85. The van der Waals surface area contributed by atoms with E-state index >= 15 is 0 Å². The Morgan fingerprint density at radius 1 is 1.04 bits per heavy atom. The van der Waals surface area contributed by atoms with Gasteiger partial charge in [0.15, 0.2) is 0 Å². The van der Waals surface area contributed by atoms with Crippen LogP contribution in [0.15, 0.2) is 0 Å². The van der Waals surface area contributed by atoms with Crippen LogP contribution < -0.4 is 21.3 Å². The molecule has 12 heteroatoms. The molecule has 6 atom stereocenters. The van der Waals surface area contributed by atoms with E-state index in [1.807, 2.05) is 41.5 Å². The molecule has 1 heterocycles. The smallest absolute Gasteiger partial charge is 0.328 e. The summed E-state index contributed by atoms with van der Waals surface area (Å²) in [7, 11) is 0. The minimum absolute atomic E-state index is 0.0556. The zero-order chi connectivity index (χ0) is 35.3. The molecule has 5 amide bonds. The van der Waals surface area contributed by atoms with Crippen LogP contribution in [0.3, 0.4) is 0 Å². The summed E-state index contributed by atoms with van der Waals surface area (Å²) in [5.74, 6) is -0.593. The van der Waals surface area contributed by atoms with Crippen molar-refractivity contribution in [1.82, 2.24) is 26.2 Å². The fraction of sp³-hybridized carbons (Fsp3) is 0.771. The number of nitrogens with one attached hydrogen (secondary N) is 4. The van der Waals surface area contributed by atoms with Gasteiger partial charge in [0.25, 0.3) is 5.91 Å². The first-order valence-electron chi connectivity index (χ1n) is 17.1. The van der Waals surface area contributed by atoms with Crippen molar-refractivity contribution >= 4 is 35.5 Å². The predicted molar refractivity (Wildman–Crippen MR) is 176 cm³/mol. The second-order valence-corrected chi connectivity index (χ2v) is 15.4. The number of carbonyl (C=O) groups excluding carboxylic acids is 6. The van der Waals surface area contributed by atoms with Crippen LogP contribution in [0.5, 0.6) is 0 Å². The summed E-state index contributed by atoms with van der Waals surface area (Å²) in [5.41, 5.74) is -0.963. The highest BCUT2D eigenvalue weighted by Crippen LogP contribution is 2.65. The molecule has 2 saturated carbocycles. The van der Waals surface area contributed by atoms with Gasteiger partial charge >= 0.3 is 12.0 Å². The summed E-state index contributed by atoms with van der Waals surface area (Å²) in [6.45, 7) is 15.9. The molecule has 0 aromatic rings. The van der Waals surface area contributed by atoms with Crippen LogP contribution in [-0.2, 0) is 28.7 Å². The van der Waals surface area contributed by atoms with Crippen molar-refractivity contribution in [3.8, 4) is 12.3 Å². The Balaban J connectivity index is 1.78. The van der Waals surface area contributed by atoms with Crippen LogP contribution >= 0.6 is 0 Å². The Kier molecular flexibility index (Phi) is 12.5. The fourth-order valence-corrected chi connectivity index (χ4v) is 6.44. The minimum atomic E-state index is -1.05. The number of terminal acetylenes is 1. The van der Waals surface area contributed by atoms with Crippen LogP contribution in [0.1, 0.15) is 93.9 Å². The van der Waals surface area contributed by atoms with Gasteiger partial charge in [0.2, 0.25) is 17.6 Å². The number of esters is 1. The Morgan fingerprint density at radius 2 is 1.70 bits per heavy atom. The minimum Gasteiger partial charge on any atom is -0.464 e. The van der Waals surface area contributed by atoms with E-state index in [1.165, 1.54) is 4.90 Å². The van der Waals surface area contributed by atoms with E-state index in [1.54, 1.807) is 13.8 Å². The highest BCUT2D eigenvalue weighted by Gasteiger charge is 2.70. The molecule has 1 saturated heterocycles. The van der Waals surface area contributed by atoms with Crippen LogP contribution in [0.2, 0.25) is 0 Å². The number of nitrogens with zero attached hydrogens (tertiary/aromatic N) is 1. The zero-order valence-electron chi connectivity index (χ0n) is 29.4. The first-order valence-corrected chi connectivity index (χ1v) is 17.1. The third-order valence-corrected chi connectivity index (χ3v) is 9.77. The van der Waals surface area contributed by atoms with Crippen molar-refractivity contribution in [2.24, 2.45) is 34.5 Å². The van der Waals surface area contributed by atoms with Gasteiger partial charge in [-0.15, -0.1) is 12.3 Å². The fourth-order valence-electron chi connectivity index (χ4n) is 6.44. The standard InChI is InChI=1S/C35H55N5O7/c1-10-12-14-23(27(41)30(43)36-17-13-11-2)37-29(42)26-24-22(35(24,8)9)18-40(26)31(44)28(34(5,6)7)39-33(46)38-25(20(3)4)32(45)47-19-21-15-16-21/h2,20-26,28H,10,12-19H2,1,3-9H3,(H,36,43)(H,37,42)(H2,38,39,46)/t22-,23?,24-,25-,26-,28+/m0/s1. The SMILES string of the molecule is C#CCCNC(=O)C(=O)C(CCCC)NC(=O)[C@@H]1[C@@H]2[C@H](CN1C(=O)[C@@H](NC(=O)N[C@H](C(=O)OCC1CC1)C(C)C)C(C)(C)C)C2(C)C. The molecular formula is C35H55N5O7. The number of hydrogen-bond donors (Lipinski definition) is 4. The molecule has 0 radical (unpaired) electrons. The summed E-state index contributed by atoms with van der Waals surface area (Å²) in [4.78, 5) is 81.5. The monoisotopic (exact) mass is 657 g/mol. The molecule has 3 aliphatic rings. The summed E-state index contributed by atoms with van der Waals surface area (Å²) in [6.07, 6.45) is 9.20. The van der Waals surface area contributed by atoms with Gasteiger partial charge in [0, 0.05) is 19.5 Å². The lowest BCUT2D eigenvalue weighted by molar-refractivity contribution is -0.147. The van der Waals surface area contributed by atoms with Gasteiger partial charge in [0.05, 0.1) is 12.6 Å². The average Bonchev–Trinajstić information content (AvgIpc) is 3.86. The summed E-state index contributed by atoms with van der Waals surface area (Å²) in [5, 5.41) is 10.8. The van der Waals surface area contributed by atoms with Crippen molar-refractivity contribution in [3.63, 3.8) is 0 Å². The van der Waals surface area contributed by atoms with Crippen molar-refractivity contribution in [1.29, 1.82) is 0 Å². The molecule has 3 rings (SSSR count). The lowest BCUT2D eigenvalue weighted by Crippen LogP contribution is -2.62. The molecule has 0 aromatic heterocycles. The molecule has 4 N–H and O–H groups in total. The third-order valence-electron chi connectivity index (χ3n) is 9.77. The van der Waals surface area contributed by atoms with E-state index in [-0.39, 0.29) is 42.6 Å². The van der Waals surface area contributed by atoms with E-state index in [0.29, 0.717) is 25.5 Å². The largest absolute Gasteiger partial charge is 0.464 e. The second-order valence-electron chi connectivity index (χ2n) is 15.4. The highest BCUT2D eigenvalue weighted by molar-refractivity contribution is 6.38. The first kappa shape index (κ1) is 37.8. The van der Waals surface area contributed by atoms with Gasteiger partial charge in [-0.25, -0.2) is 9.59 Å². The number of urea groups is 1. The maximum absolute atomic E-state index is 14.3. The van der Waals surface area contributed by atoms with Gasteiger partial charge in [0.1, 0.15) is 18.1 Å². The Hall–Kier alpha value is -3.62. The van der Waals surface area contributed by atoms with E-state index in [2.05, 4.69) is 27.2 Å². The van der Waals surface area contributed by atoms with Crippen LogP contribution in [0.25, 0.3) is 0 Å². The molecule has 12 nitrogen and oxygen atoms in total. The number of piperidine rings is 1. The van der Waals surface area contributed by atoms with Crippen LogP contribution in [0, 0.1) is 46.8 Å². The molecular weight excluding hydrogens is 602 g/mol. The molecule has 2 aliphatic carbocycles. The van der Waals surface area contributed by atoms with Gasteiger partial charge in [-0.3, -0.25) is 19.2 Å². The van der Waals surface area contributed by atoms with E-state index < -0.39 is 65.1 Å². The number of amides is 5. The van der Waals surface area contributed by atoms with Gasteiger partial charge < -0.3 is 30.9 Å². The number of hydrogen-bond acceptors (Lipinski definition) is 7. The number of likely N-dealkylation sites (tertiary alicyclic amines) is 1. The molecule has 0 aromatic carbocycles. The van der Waals surface area contributed by atoms with Crippen molar-refractivity contribution in [2.75, 3.05) is 19.7 Å². The topological polar surface area (TPSA) is 163 Å². The Labute approximate surface area is 279 Å². The number of rotatable bonds is 16. The Bertz CT molecular complexity index is 1250. The molecule has 47 heavy (non-hydrogen) atoms. The number of carbonyl (C=O) groups is 6. The van der Waals surface area contributed by atoms with E-state index in [0.717, 1.165) is 19.3 Å². The number of ether oxygens (including phenoxy) is 1. The molecule has 1 unspecified atom stereocenters. The first-order chi connectivity index (χ1) is 21.9. The maximum Gasteiger partial charge on any atom is 0.328 e. The van der Waals surface area contributed by atoms with Gasteiger partial charge in [-0.05, 0) is 53.8 Å². The summed E-state index contributed by atoms with van der Waals surface area (Å²) < 4.78 is 5.42. The number of Topliss-reactive ketones (excluding diaryl/α,β-unsaturated/α-hetero) is 1. The second kappa shape index (κ2) is 15.5. The summed E-state index contributed by atoms with van der Waals surface area (Å²) in [6, 6.07) is -4.56. The molecule has 0 spiro atoms. The van der Waals surface area contributed by atoms with E-state index in [9.17, 15) is 28.8 Å². The van der Waals surface area contributed by atoms with Crippen LogP contribution in [-0.4, -0.2) is 84.3 Å². The number of fused-ring (bicyclic) bond motifs is 1. The third kappa shape index (κ3) is 9.48. The van der Waals surface area contributed by atoms with Crippen LogP contribution in [0.4, 0.5) is 4.79 Å². The quantitative estimate of drug-likeness (QED) is 0.0858. The van der Waals surface area contributed by atoms with Gasteiger partial charge in [-0.2, -0.15) is 0 Å². The average molecular weight is 658 g/mol. The van der Waals surface area contributed by atoms with Crippen molar-refractivity contribution < 1.29 is 33.5 Å². The van der Waals surface area contributed by atoms with Gasteiger partial charge in [-0.1, -0.05) is 68.2 Å². The maximum atomic E-state index is 14.3. The number of unbranched alkanes of at least 4 members (excludes halogenated alkanes) is 1. The molecule has 3 fully saturated rings.